The lowest BCUT2D eigenvalue weighted by Gasteiger charge is -2.32. The lowest BCUT2D eigenvalue weighted by Crippen LogP contribution is -2.47. The number of imidazole rings is 1. The molecule has 4 aromatic rings. The van der Waals surface area contributed by atoms with E-state index in [4.69, 9.17) is 9.72 Å². The summed E-state index contributed by atoms with van der Waals surface area (Å²) in [6, 6.07) is 18.6. The molecule has 8 nitrogen and oxygen atoms in total. The van der Waals surface area contributed by atoms with Crippen molar-refractivity contribution >= 4 is 34.2 Å². The molecule has 9 heteroatoms. The van der Waals surface area contributed by atoms with E-state index in [9.17, 15) is 9.59 Å². The number of fused-ring (bicyclic) bond motifs is 1. The summed E-state index contributed by atoms with van der Waals surface area (Å²) in [4.78, 5) is 34.4. The zero-order chi connectivity index (χ0) is 30.2. The number of hydrogen-bond acceptors (Lipinski definition) is 6. The molecule has 2 aromatic carbocycles. The van der Waals surface area contributed by atoms with E-state index in [1.54, 1.807) is 18.4 Å². The molecule has 2 aromatic heterocycles. The van der Waals surface area contributed by atoms with E-state index in [1.165, 1.54) is 10.4 Å². The molecule has 0 spiro atoms. The molecule has 1 saturated heterocycles. The molecule has 5 rings (SSSR count). The minimum absolute atomic E-state index is 0.0413. The first kappa shape index (κ1) is 30.8. The zero-order valence-electron chi connectivity index (χ0n) is 25.5. The van der Waals surface area contributed by atoms with E-state index in [0.717, 1.165) is 80.8 Å². The van der Waals surface area contributed by atoms with Crippen LogP contribution >= 0.6 is 11.3 Å². The molecule has 1 aliphatic rings. The van der Waals surface area contributed by atoms with Crippen LogP contribution in [0.2, 0.25) is 0 Å². The predicted octanol–water partition coefficient (Wildman–Crippen LogP) is 5.61. The Morgan fingerprint density at radius 3 is 2.51 bits per heavy atom. The second-order valence-electron chi connectivity index (χ2n) is 11.3. The SMILES string of the molecule is CCC(CC)n1c(Cc2cccs2)nc2cc(C(=O)NCC(=O)NC3CCN(CCc4ccc(OC)cc4)CC3)ccc21. The van der Waals surface area contributed by atoms with Gasteiger partial charge in [0.2, 0.25) is 5.91 Å². The Balaban J connectivity index is 1.11. The monoisotopic (exact) mass is 601 g/mol. The van der Waals surface area contributed by atoms with Gasteiger partial charge >= 0.3 is 0 Å². The highest BCUT2D eigenvalue weighted by Gasteiger charge is 2.22. The van der Waals surface area contributed by atoms with Gasteiger partial charge < -0.3 is 24.8 Å². The quantitative estimate of drug-likeness (QED) is 0.208. The summed E-state index contributed by atoms with van der Waals surface area (Å²) in [6.45, 7) is 7.26. The Kier molecular flexibility index (Phi) is 10.5. The molecular weight excluding hydrogens is 558 g/mol. The van der Waals surface area contributed by atoms with Crippen LogP contribution in [0.25, 0.3) is 11.0 Å². The number of ether oxygens (including phenoxy) is 1. The van der Waals surface area contributed by atoms with Gasteiger partial charge in [0.15, 0.2) is 0 Å². The van der Waals surface area contributed by atoms with Crippen LogP contribution in [0, 0.1) is 0 Å². The standard InChI is InChI=1S/C34H43N5O3S/c1-4-27(5-2)39-31-13-10-25(21-30(31)37-32(39)22-29-7-6-20-43-29)34(41)35-23-33(40)36-26-15-18-38(19-16-26)17-14-24-8-11-28(42-3)12-9-24/h6-13,20-21,26-27H,4-5,14-19,22-23H2,1-3H3,(H,35,41)(H,36,40). The van der Waals surface area contributed by atoms with Crippen molar-refractivity contribution in [1.82, 2.24) is 25.1 Å². The minimum Gasteiger partial charge on any atom is -0.497 e. The smallest absolute Gasteiger partial charge is 0.251 e. The van der Waals surface area contributed by atoms with Crippen molar-refractivity contribution in [3.63, 3.8) is 0 Å². The number of amides is 2. The number of carbonyl (C=O) groups is 2. The summed E-state index contributed by atoms with van der Waals surface area (Å²) >= 11 is 1.73. The highest BCUT2D eigenvalue weighted by Crippen LogP contribution is 2.28. The van der Waals surface area contributed by atoms with Gasteiger partial charge in [0.25, 0.3) is 5.91 Å². The molecule has 0 bridgehead atoms. The maximum atomic E-state index is 13.0. The van der Waals surface area contributed by atoms with E-state index in [-0.39, 0.29) is 24.4 Å². The molecule has 0 saturated carbocycles. The topological polar surface area (TPSA) is 88.5 Å². The fourth-order valence-electron chi connectivity index (χ4n) is 5.97. The van der Waals surface area contributed by atoms with Crippen LogP contribution in [-0.2, 0) is 17.6 Å². The summed E-state index contributed by atoms with van der Waals surface area (Å²) in [7, 11) is 1.68. The molecule has 2 amide bonds. The molecule has 1 fully saturated rings. The second kappa shape index (κ2) is 14.7. The molecule has 1 aliphatic heterocycles. The number of carbonyl (C=O) groups excluding carboxylic acids is 2. The highest BCUT2D eigenvalue weighted by molar-refractivity contribution is 7.09. The summed E-state index contributed by atoms with van der Waals surface area (Å²) < 4.78 is 7.58. The lowest BCUT2D eigenvalue weighted by molar-refractivity contribution is -0.121. The van der Waals surface area contributed by atoms with Gasteiger partial charge in [0.05, 0.1) is 24.7 Å². The first-order chi connectivity index (χ1) is 21.0. The lowest BCUT2D eigenvalue weighted by atomic mass is 10.0. The Bertz CT molecular complexity index is 1490. The maximum absolute atomic E-state index is 13.0. The van der Waals surface area contributed by atoms with Gasteiger partial charge in [-0.2, -0.15) is 0 Å². The second-order valence-corrected chi connectivity index (χ2v) is 12.3. The highest BCUT2D eigenvalue weighted by atomic mass is 32.1. The fourth-order valence-corrected chi connectivity index (χ4v) is 6.67. The largest absolute Gasteiger partial charge is 0.497 e. The van der Waals surface area contributed by atoms with Crippen LogP contribution < -0.4 is 15.4 Å². The first-order valence-electron chi connectivity index (χ1n) is 15.4. The average Bonchev–Trinajstić information content (AvgIpc) is 3.68. The van der Waals surface area contributed by atoms with Gasteiger partial charge in [-0.3, -0.25) is 9.59 Å². The molecule has 3 heterocycles. The van der Waals surface area contributed by atoms with Crippen LogP contribution in [0.5, 0.6) is 5.75 Å². The van der Waals surface area contributed by atoms with Crippen molar-refractivity contribution < 1.29 is 14.3 Å². The van der Waals surface area contributed by atoms with Crippen molar-refractivity contribution in [3.8, 4) is 5.75 Å². The van der Waals surface area contributed by atoms with E-state index in [0.29, 0.717) is 11.6 Å². The summed E-state index contributed by atoms with van der Waals surface area (Å²) in [5.41, 5.74) is 3.67. The zero-order valence-corrected chi connectivity index (χ0v) is 26.3. The number of rotatable bonds is 13. The molecular formula is C34H43N5O3S. The van der Waals surface area contributed by atoms with Gasteiger partial charge in [-0.1, -0.05) is 32.0 Å². The van der Waals surface area contributed by atoms with Crippen LogP contribution in [0.3, 0.4) is 0 Å². The Morgan fingerprint density at radius 1 is 1.07 bits per heavy atom. The van der Waals surface area contributed by atoms with Crippen molar-refractivity contribution in [2.45, 2.75) is 64.5 Å². The van der Waals surface area contributed by atoms with Crippen molar-refractivity contribution in [2.24, 2.45) is 0 Å². The third-order valence-corrected chi connectivity index (χ3v) is 9.36. The summed E-state index contributed by atoms with van der Waals surface area (Å²) in [5.74, 6) is 1.49. The third kappa shape index (κ3) is 7.83. The van der Waals surface area contributed by atoms with E-state index < -0.39 is 0 Å². The molecule has 43 heavy (non-hydrogen) atoms. The van der Waals surface area contributed by atoms with Crippen molar-refractivity contribution in [2.75, 3.05) is 33.3 Å². The van der Waals surface area contributed by atoms with Gasteiger partial charge in [-0.25, -0.2) is 4.98 Å². The summed E-state index contributed by atoms with van der Waals surface area (Å²) in [6.07, 6.45) is 5.61. The van der Waals surface area contributed by atoms with Crippen LogP contribution in [0.15, 0.2) is 60.0 Å². The number of benzene rings is 2. The minimum atomic E-state index is -0.262. The number of likely N-dealkylation sites (tertiary alicyclic amines) is 1. The molecule has 0 radical (unpaired) electrons. The summed E-state index contributed by atoms with van der Waals surface area (Å²) in [5, 5.41) is 8.01. The number of piperidine rings is 1. The van der Waals surface area contributed by atoms with E-state index in [2.05, 4.69) is 63.6 Å². The van der Waals surface area contributed by atoms with E-state index in [1.807, 2.05) is 30.3 Å². The van der Waals surface area contributed by atoms with Gasteiger partial charge in [0, 0.05) is 48.6 Å². The number of aromatic nitrogens is 2. The van der Waals surface area contributed by atoms with Crippen LogP contribution in [-0.4, -0.2) is 65.6 Å². The van der Waals surface area contributed by atoms with Crippen molar-refractivity contribution in [3.05, 3.63) is 81.8 Å². The Hall–Kier alpha value is -3.69. The molecule has 0 aliphatic carbocycles. The molecule has 2 N–H and O–H groups in total. The number of nitrogens with zero attached hydrogens (tertiary/aromatic N) is 3. The maximum Gasteiger partial charge on any atom is 0.251 e. The predicted molar refractivity (Wildman–Crippen MR) is 173 cm³/mol. The average molecular weight is 602 g/mol. The molecule has 0 unspecified atom stereocenters. The number of thiophene rings is 1. The van der Waals surface area contributed by atoms with Gasteiger partial charge in [-0.15, -0.1) is 11.3 Å². The first-order valence-corrected chi connectivity index (χ1v) is 16.3. The number of nitrogens with one attached hydrogen (secondary N) is 2. The van der Waals surface area contributed by atoms with Crippen LogP contribution in [0.4, 0.5) is 0 Å². The number of methoxy groups -OCH3 is 1. The van der Waals surface area contributed by atoms with Gasteiger partial charge in [-0.05, 0) is 79.4 Å². The third-order valence-electron chi connectivity index (χ3n) is 8.48. The Morgan fingerprint density at radius 2 is 1.84 bits per heavy atom. The Labute approximate surface area is 258 Å². The van der Waals surface area contributed by atoms with Crippen molar-refractivity contribution in [1.29, 1.82) is 0 Å². The van der Waals surface area contributed by atoms with E-state index >= 15 is 0 Å². The molecule has 228 valence electrons. The normalized spacial score (nSPS) is 14.3. The fraction of sp³-hybridized carbons (Fsp3) is 0.441. The number of hydrogen-bond donors (Lipinski definition) is 2. The molecule has 0 atom stereocenters. The van der Waals surface area contributed by atoms with Gasteiger partial charge in [0.1, 0.15) is 11.6 Å². The van der Waals surface area contributed by atoms with Crippen LogP contribution in [0.1, 0.15) is 72.2 Å².